The molecule has 0 bridgehead atoms. The van der Waals surface area contributed by atoms with Gasteiger partial charge in [0.2, 0.25) is 16.8 Å². The largest absolute Gasteiger partial charge is 0.493 e. The molecule has 0 unspecified atom stereocenters. The lowest BCUT2D eigenvalue weighted by atomic mass is 10.1. The van der Waals surface area contributed by atoms with Crippen LogP contribution < -0.4 is 4.74 Å². The van der Waals surface area contributed by atoms with E-state index in [9.17, 15) is 18.0 Å². The maximum Gasteiger partial charge on any atom is 0.374 e. The highest BCUT2D eigenvalue weighted by molar-refractivity contribution is 7.89. The highest BCUT2D eigenvalue weighted by atomic mass is 32.2. The Labute approximate surface area is 180 Å². The Balaban J connectivity index is 1.35. The molecular formula is C21H24N2O7S. The number of nitrogens with zero attached hydrogens (tertiary/aromatic N) is 2. The average Bonchev–Trinajstić information content (AvgIpc) is 3.44. The van der Waals surface area contributed by atoms with Crippen molar-refractivity contribution in [3.8, 4) is 5.75 Å². The Hall–Kier alpha value is -2.85. The Morgan fingerprint density at radius 3 is 2.61 bits per heavy atom. The van der Waals surface area contributed by atoms with Crippen LogP contribution >= 0.6 is 0 Å². The zero-order valence-corrected chi connectivity index (χ0v) is 18.0. The fourth-order valence-corrected chi connectivity index (χ4v) is 5.05. The first kappa shape index (κ1) is 21.4. The van der Waals surface area contributed by atoms with Gasteiger partial charge in [0, 0.05) is 32.6 Å². The number of hydrogen-bond acceptors (Lipinski definition) is 7. The van der Waals surface area contributed by atoms with Gasteiger partial charge in [0.1, 0.15) is 5.75 Å². The number of fused-ring (bicyclic) bond motifs is 1. The minimum atomic E-state index is -3.90. The van der Waals surface area contributed by atoms with E-state index in [0.29, 0.717) is 6.61 Å². The van der Waals surface area contributed by atoms with Crippen LogP contribution in [0.4, 0.5) is 0 Å². The number of carbonyl (C=O) groups is 2. The summed E-state index contributed by atoms with van der Waals surface area (Å²) < 4.78 is 42.4. The van der Waals surface area contributed by atoms with E-state index in [2.05, 4.69) is 0 Å². The summed E-state index contributed by atoms with van der Waals surface area (Å²) in [6.45, 7) is 3.37. The number of piperazine rings is 1. The van der Waals surface area contributed by atoms with Gasteiger partial charge in [0.15, 0.2) is 0 Å². The summed E-state index contributed by atoms with van der Waals surface area (Å²) in [5, 5.41) is -0.310. The van der Waals surface area contributed by atoms with Crippen molar-refractivity contribution in [2.75, 3.05) is 39.4 Å². The number of esters is 1. The highest BCUT2D eigenvalue weighted by Crippen LogP contribution is 2.26. The van der Waals surface area contributed by atoms with Crippen molar-refractivity contribution < 1.29 is 31.9 Å². The second-order valence-electron chi connectivity index (χ2n) is 7.34. The van der Waals surface area contributed by atoms with Crippen LogP contribution in [0.1, 0.15) is 28.6 Å². The second-order valence-corrected chi connectivity index (χ2v) is 9.21. The van der Waals surface area contributed by atoms with Crippen LogP contribution in [-0.2, 0) is 32.4 Å². The molecule has 2 aliphatic heterocycles. The fraction of sp³-hybridized carbons (Fsp3) is 0.429. The van der Waals surface area contributed by atoms with Gasteiger partial charge in [-0.2, -0.15) is 4.31 Å². The van der Waals surface area contributed by atoms with Crippen molar-refractivity contribution in [2.45, 2.75) is 24.9 Å². The van der Waals surface area contributed by atoms with Crippen LogP contribution in [0.15, 0.2) is 39.8 Å². The molecule has 166 valence electrons. The Morgan fingerprint density at radius 2 is 1.87 bits per heavy atom. The summed E-state index contributed by atoms with van der Waals surface area (Å²) in [6.07, 6.45) is 1.11. The fourth-order valence-electron chi connectivity index (χ4n) is 3.71. The predicted molar refractivity (Wildman–Crippen MR) is 109 cm³/mol. The SMILES string of the molecule is CCOC(=O)c1ccc(S(=O)(=O)N2CCN(C(=O)Cc3ccc4c(c3)CCO4)CC2)o1. The third kappa shape index (κ3) is 4.45. The summed E-state index contributed by atoms with van der Waals surface area (Å²) in [4.78, 5) is 26.1. The topological polar surface area (TPSA) is 106 Å². The van der Waals surface area contributed by atoms with Gasteiger partial charge >= 0.3 is 5.97 Å². The highest BCUT2D eigenvalue weighted by Gasteiger charge is 2.33. The van der Waals surface area contributed by atoms with Crippen LogP contribution in [0.5, 0.6) is 5.75 Å². The Morgan fingerprint density at radius 1 is 1.10 bits per heavy atom. The van der Waals surface area contributed by atoms with Crippen LogP contribution in [0, 0.1) is 0 Å². The van der Waals surface area contributed by atoms with E-state index < -0.39 is 16.0 Å². The number of furan rings is 1. The lowest BCUT2D eigenvalue weighted by Gasteiger charge is -2.33. The molecule has 2 aromatic rings. The number of ether oxygens (including phenoxy) is 2. The van der Waals surface area contributed by atoms with Gasteiger partial charge in [-0.15, -0.1) is 0 Å². The molecule has 1 fully saturated rings. The van der Waals surface area contributed by atoms with E-state index in [-0.39, 0.29) is 56.0 Å². The standard InChI is InChI=1S/C21H24N2O7S/c1-2-28-21(25)18-5-6-20(30-18)31(26,27)23-10-8-22(9-11-23)19(24)14-15-3-4-17-16(13-15)7-12-29-17/h3-6,13H,2,7-12,14H2,1H3. The van der Waals surface area contributed by atoms with Crippen LogP contribution in [0.3, 0.4) is 0 Å². The number of rotatable bonds is 6. The molecule has 1 saturated heterocycles. The molecule has 4 rings (SSSR count). The normalized spacial score (nSPS) is 16.6. The van der Waals surface area contributed by atoms with Crippen LogP contribution in [0.2, 0.25) is 0 Å². The molecule has 0 radical (unpaired) electrons. The first-order valence-electron chi connectivity index (χ1n) is 10.2. The van der Waals surface area contributed by atoms with Gasteiger partial charge in [-0.25, -0.2) is 13.2 Å². The summed E-state index contributed by atoms with van der Waals surface area (Å²) in [6, 6.07) is 8.31. The van der Waals surface area contributed by atoms with Gasteiger partial charge in [0.05, 0.1) is 19.6 Å². The molecule has 0 aliphatic carbocycles. The maximum absolute atomic E-state index is 12.8. The zero-order valence-electron chi connectivity index (χ0n) is 17.2. The van der Waals surface area contributed by atoms with Crippen molar-refractivity contribution in [3.05, 3.63) is 47.2 Å². The van der Waals surface area contributed by atoms with Crippen LogP contribution in [0.25, 0.3) is 0 Å². The predicted octanol–water partition coefficient (Wildman–Crippen LogP) is 1.47. The van der Waals surface area contributed by atoms with Gasteiger partial charge in [-0.05, 0) is 36.2 Å². The van der Waals surface area contributed by atoms with E-state index in [4.69, 9.17) is 13.9 Å². The van der Waals surface area contributed by atoms with Crippen molar-refractivity contribution in [3.63, 3.8) is 0 Å². The molecule has 1 aromatic heterocycles. The number of carbonyl (C=O) groups excluding carboxylic acids is 2. The Kier molecular flexibility index (Phi) is 6.01. The first-order valence-corrected chi connectivity index (χ1v) is 11.6. The maximum atomic E-state index is 12.8. The van der Waals surface area contributed by atoms with Gasteiger partial charge in [0.25, 0.3) is 10.0 Å². The van der Waals surface area contributed by atoms with Gasteiger partial charge in [-0.3, -0.25) is 4.79 Å². The van der Waals surface area contributed by atoms with E-state index in [0.717, 1.165) is 23.3 Å². The zero-order chi connectivity index (χ0) is 22.0. The minimum absolute atomic E-state index is 0.0430. The summed E-state index contributed by atoms with van der Waals surface area (Å²) in [7, 11) is -3.90. The molecule has 0 N–H and O–H groups in total. The summed E-state index contributed by atoms with van der Waals surface area (Å²) in [5.41, 5.74) is 2.04. The molecule has 2 aliphatic rings. The molecule has 0 spiro atoms. The second kappa shape index (κ2) is 8.72. The molecular weight excluding hydrogens is 424 g/mol. The Bertz CT molecular complexity index is 1080. The lowest BCUT2D eigenvalue weighted by Crippen LogP contribution is -2.50. The smallest absolute Gasteiger partial charge is 0.374 e. The van der Waals surface area contributed by atoms with E-state index in [1.54, 1.807) is 11.8 Å². The van der Waals surface area contributed by atoms with Crippen LogP contribution in [-0.4, -0.2) is 68.9 Å². The third-order valence-electron chi connectivity index (χ3n) is 5.35. The molecule has 1 aromatic carbocycles. The van der Waals surface area contributed by atoms with Gasteiger partial charge in [-0.1, -0.05) is 12.1 Å². The summed E-state index contributed by atoms with van der Waals surface area (Å²) >= 11 is 0. The average molecular weight is 448 g/mol. The quantitative estimate of drug-likeness (QED) is 0.616. The molecule has 10 heteroatoms. The van der Waals surface area contributed by atoms with Crippen molar-refractivity contribution in [1.29, 1.82) is 0 Å². The first-order chi connectivity index (χ1) is 14.9. The number of amides is 1. The number of sulfonamides is 1. The number of benzene rings is 1. The molecule has 1 amide bonds. The number of hydrogen-bond donors (Lipinski definition) is 0. The molecule has 31 heavy (non-hydrogen) atoms. The lowest BCUT2D eigenvalue weighted by molar-refractivity contribution is -0.131. The van der Waals surface area contributed by atoms with Crippen molar-refractivity contribution >= 4 is 21.9 Å². The molecule has 0 atom stereocenters. The minimum Gasteiger partial charge on any atom is -0.493 e. The molecule has 9 nitrogen and oxygen atoms in total. The molecule has 0 saturated carbocycles. The monoisotopic (exact) mass is 448 g/mol. The van der Waals surface area contributed by atoms with E-state index in [1.807, 2.05) is 18.2 Å². The van der Waals surface area contributed by atoms with Crippen molar-refractivity contribution in [2.24, 2.45) is 0 Å². The van der Waals surface area contributed by atoms with E-state index in [1.165, 1.54) is 16.4 Å². The van der Waals surface area contributed by atoms with E-state index >= 15 is 0 Å². The summed E-state index contributed by atoms with van der Waals surface area (Å²) in [5.74, 6) is -0.0379. The molecule has 3 heterocycles. The third-order valence-corrected chi connectivity index (χ3v) is 7.13. The van der Waals surface area contributed by atoms with Crippen molar-refractivity contribution in [1.82, 2.24) is 9.21 Å². The van der Waals surface area contributed by atoms with Gasteiger partial charge < -0.3 is 18.8 Å².